The smallest absolute Gasteiger partial charge is 0.307 e. The molecule has 1 aromatic heterocycles. The van der Waals surface area contributed by atoms with Gasteiger partial charge in [0, 0.05) is 11.3 Å². The summed E-state index contributed by atoms with van der Waals surface area (Å²) in [4.78, 5) is 17.3. The van der Waals surface area contributed by atoms with Crippen LogP contribution < -0.4 is 10.6 Å². The first-order valence-corrected chi connectivity index (χ1v) is 10.1. The topological polar surface area (TPSA) is 54.0 Å². The minimum Gasteiger partial charge on any atom is -0.307 e. The highest BCUT2D eigenvalue weighted by Gasteiger charge is 2.17. The molecule has 0 aliphatic rings. The van der Waals surface area contributed by atoms with Gasteiger partial charge in [0.1, 0.15) is 10.7 Å². The largest absolute Gasteiger partial charge is 0.324 e. The van der Waals surface area contributed by atoms with Crippen molar-refractivity contribution in [1.29, 1.82) is 0 Å². The zero-order chi connectivity index (χ0) is 19.4. The second-order valence-electron chi connectivity index (χ2n) is 6.13. The molecular formula is C21H22ClN3OS. The molecule has 0 aliphatic carbocycles. The number of nitrogens with one attached hydrogen (secondary N) is 2. The molecule has 27 heavy (non-hydrogen) atoms. The summed E-state index contributed by atoms with van der Waals surface area (Å²) >= 11 is 7.76. The van der Waals surface area contributed by atoms with E-state index in [1.54, 1.807) is 0 Å². The van der Waals surface area contributed by atoms with Crippen LogP contribution in [0.3, 0.4) is 0 Å². The Morgan fingerprint density at radius 3 is 2.33 bits per heavy atom. The summed E-state index contributed by atoms with van der Waals surface area (Å²) in [6, 6.07) is 13.3. The van der Waals surface area contributed by atoms with E-state index in [1.165, 1.54) is 11.3 Å². The van der Waals surface area contributed by atoms with Gasteiger partial charge in [-0.15, -0.1) is 11.3 Å². The van der Waals surface area contributed by atoms with Crippen molar-refractivity contribution in [2.75, 3.05) is 10.6 Å². The third-order valence-corrected chi connectivity index (χ3v) is 5.54. The summed E-state index contributed by atoms with van der Waals surface area (Å²) in [5, 5.41) is 8.14. The standard InChI is InChI=1S/C21H22ClN3OS/c1-4-14-9-8-10-15(5-2)18(14)24-21(26)25-20-19(23-13(3)27-20)16-11-6-7-12-17(16)22/h6-12H,4-5H2,1-3H3,(H2,24,25,26). The van der Waals surface area contributed by atoms with Crippen LogP contribution in [-0.2, 0) is 12.8 Å². The highest BCUT2D eigenvalue weighted by molar-refractivity contribution is 7.16. The molecule has 140 valence electrons. The number of para-hydroxylation sites is 1. The molecule has 0 saturated heterocycles. The average molecular weight is 400 g/mol. The number of thiazole rings is 1. The van der Waals surface area contributed by atoms with Gasteiger partial charge in [-0.05, 0) is 37.0 Å². The molecule has 0 bridgehead atoms. The Hall–Kier alpha value is -2.37. The molecule has 0 radical (unpaired) electrons. The molecule has 2 aromatic carbocycles. The Kier molecular flexibility index (Phi) is 6.14. The van der Waals surface area contributed by atoms with Crippen molar-refractivity contribution in [3.63, 3.8) is 0 Å². The number of hydrogen-bond donors (Lipinski definition) is 2. The summed E-state index contributed by atoms with van der Waals surface area (Å²) in [7, 11) is 0. The van der Waals surface area contributed by atoms with Gasteiger partial charge in [-0.25, -0.2) is 9.78 Å². The molecule has 6 heteroatoms. The zero-order valence-corrected chi connectivity index (χ0v) is 17.2. The molecule has 0 fully saturated rings. The summed E-state index contributed by atoms with van der Waals surface area (Å²) < 4.78 is 0. The maximum atomic E-state index is 12.7. The van der Waals surface area contributed by atoms with Crippen molar-refractivity contribution in [3.8, 4) is 11.3 Å². The van der Waals surface area contributed by atoms with Crippen LogP contribution in [0.2, 0.25) is 5.02 Å². The molecule has 3 rings (SSSR count). The number of benzene rings is 2. The van der Waals surface area contributed by atoms with Gasteiger partial charge in [0.2, 0.25) is 0 Å². The lowest BCUT2D eigenvalue weighted by Crippen LogP contribution is -2.21. The maximum Gasteiger partial charge on any atom is 0.324 e. The number of rotatable bonds is 5. The predicted octanol–water partition coefficient (Wildman–Crippen LogP) is 6.54. The Morgan fingerprint density at radius 1 is 1.04 bits per heavy atom. The molecule has 3 aromatic rings. The van der Waals surface area contributed by atoms with Gasteiger partial charge in [-0.1, -0.05) is 61.8 Å². The molecule has 2 amide bonds. The number of carbonyl (C=O) groups excluding carboxylic acids is 1. The number of halogens is 1. The third-order valence-electron chi connectivity index (χ3n) is 4.33. The number of anilines is 2. The maximum absolute atomic E-state index is 12.7. The van der Waals surface area contributed by atoms with E-state index in [9.17, 15) is 4.79 Å². The fourth-order valence-corrected chi connectivity index (χ4v) is 4.05. The van der Waals surface area contributed by atoms with Gasteiger partial charge in [0.15, 0.2) is 0 Å². The first-order valence-electron chi connectivity index (χ1n) is 8.94. The van der Waals surface area contributed by atoms with Crippen molar-refractivity contribution in [2.24, 2.45) is 0 Å². The predicted molar refractivity (Wildman–Crippen MR) is 115 cm³/mol. The van der Waals surface area contributed by atoms with Crippen molar-refractivity contribution in [1.82, 2.24) is 4.98 Å². The Morgan fingerprint density at radius 2 is 1.70 bits per heavy atom. The van der Waals surface area contributed by atoms with Crippen molar-refractivity contribution in [3.05, 3.63) is 63.6 Å². The van der Waals surface area contributed by atoms with E-state index in [0.717, 1.165) is 40.2 Å². The number of aromatic nitrogens is 1. The van der Waals surface area contributed by atoms with Crippen LogP contribution in [0.5, 0.6) is 0 Å². The molecule has 0 saturated carbocycles. The Bertz CT molecular complexity index is 946. The fraction of sp³-hybridized carbons (Fsp3) is 0.238. The van der Waals surface area contributed by atoms with Crippen molar-refractivity contribution in [2.45, 2.75) is 33.6 Å². The number of hydrogen-bond acceptors (Lipinski definition) is 3. The van der Waals surface area contributed by atoms with E-state index in [-0.39, 0.29) is 6.03 Å². The molecule has 2 N–H and O–H groups in total. The molecular weight excluding hydrogens is 378 g/mol. The molecule has 4 nitrogen and oxygen atoms in total. The van der Waals surface area contributed by atoms with Crippen LogP contribution in [0.1, 0.15) is 30.0 Å². The highest BCUT2D eigenvalue weighted by Crippen LogP contribution is 2.36. The quantitative estimate of drug-likeness (QED) is 0.511. The molecule has 0 atom stereocenters. The SMILES string of the molecule is CCc1cccc(CC)c1NC(=O)Nc1sc(C)nc1-c1ccccc1Cl. The lowest BCUT2D eigenvalue weighted by molar-refractivity contribution is 0.262. The number of amides is 2. The Labute approximate surface area is 168 Å². The van der Waals surface area contributed by atoms with Gasteiger partial charge in [0.25, 0.3) is 0 Å². The van der Waals surface area contributed by atoms with E-state index in [1.807, 2.05) is 49.4 Å². The third kappa shape index (κ3) is 4.31. The first-order chi connectivity index (χ1) is 13.0. The number of nitrogens with zero attached hydrogens (tertiary/aromatic N) is 1. The lowest BCUT2D eigenvalue weighted by Gasteiger charge is -2.15. The second kappa shape index (κ2) is 8.55. The summed E-state index contributed by atoms with van der Waals surface area (Å²) in [5.41, 5.74) is 4.63. The Balaban J connectivity index is 1.88. The zero-order valence-electron chi connectivity index (χ0n) is 15.6. The monoisotopic (exact) mass is 399 g/mol. The summed E-state index contributed by atoms with van der Waals surface area (Å²) in [6.45, 7) is 6.08. The van der Waals surface area contributed by atoms with Crippen LogP contribution in [-0.4, -0.2) is 11.0 Å². The van der Waals surface area contributed by atoms with Gasteiger partial charge in [-0.3, -0.25) is 5.32 Å². The molecule has 1 heterocycles. The lowest BCUT2D eigenvalue weighted by atomic mass is 10.0. The van der Waals surface area contributed by atoms with E-state index in [4.69, 9.17) is 11.6 Å². The molecule has 0 aliphatic heterocycles. The van der Waals surface area contributed by atoms with E-state index >= 15 is 0 Å². The van der Waals surface area contributed by atoms with Crippen LogP contribution in [0.25, 0.3) is 11.3 Å². The molecule has 0 unspecified atom stereocenters. The van der Waals surface area contributed by atoms with Crippen LogP contribution in [0, 0.1) is 6.92 Å². The minimum atomic E-state index is -0.275. The number of carbonyl (C=O) groups is 1. The van der Waals surface area contributed by atoms with E-state index < -0.39 is 0 Å². The summed E-state index contributed by atoms with van der Waals surface area (Å²) in [6.07, 6.45) is 1.71. The van der Waals surface area contributed by atoms with Crippen LogP contribution >= 0.6 is 22.9 Å². The van der Waals surface area contributed by atoms with Gasteiger partial charge >= 0.3 is 6.03 Å². The van der Waals surface area contributed by atoms with Crippen LogP contribution in [0.15, 0.2) is 42.5 Å². The van der Waals surface area contributed by atoms with E-state index in [2.05, 4.69) is 29.5 Å². The van der Waals surface area contributed by atoms with Gasteiger partial charge < -0.3 is 5.32 Å². The molecule has 0 spiro atoms. The average Bonchev–Trinajstić information content (AvgIpc) is 3.02. The van der Waals surface area contributed by atoms with Gasteiger partial charge in [-0.2, -0.15) is 0 Å². The van der Waals surface area contributed by atoms with Crippen molar-refractivity contribution < 1.29 is 4.79 Å². The number of urea groups is 1. The number of aryl methyl sites for hydroxylation is 3. The fourth-order valence-electron chi connectivity index (χ4n) is 3.00. The highest BCUT2D eigenvalue weighted by atomic mass is 35.5. The normalized spacial score (nSPS) is 10.7. The van der Waals surface area contributed by atoms with E-state index in [0.29, 0.717) is 15.7 Å². The van der Waals surface area contributed by atoms with Crippen molar-refractivity contribution >= 4 is 39.7 Å². The summed E-state index contributed by atoms with van der Waals surface area (Å²) in [5.74, 6) is 0. The van der Waals surface area contributed by atoms with Gasteiger partial charge in [0.05, 0.1) is 10.0 Å². The second-order valence-corrected chi connectivity index (χ2v) is 7.74. The first kappa shape index (κ1) is 19.4. The minimum absolute atomic E-state index is 0.275. The van der Waals surface area contributed by atoms with Crippen LogP contribution in [0.4, 0.5) is 15.5 Å².